The third-order valence-electron chi connectivity index (χ3n) is 2.89. The minimum Gasteiger partial charge on any atom is -0.274 e. The van der Waals surface area contributed by atoms with Crippen LogP contribution in [0.25, 0.3) is 0 Å². The molecule has 1 N–H and O–H groups in total. The molecule has 0 saturated carbocycles. The summed E-state index contributed by atoms with van der Waals surface area (Å²) in [5, 5.41) is 3.54. The van der Waals surface area contributed by atoms with E-state index in [1.807, 2.05) is 19.4 Å². The number of carbonyl (C=O) groups is 2. The highest BCUT2D eigenvalue weighted by molar-refractivity contribution is 8.16. The number of amides is 3. The molecule has 1 rings (SSSR count). The van der Waals surface area contributed by atoms with E-state index in [1.54, 1.807) is 30.4 Å². The van der Waals surface area contributed by atoms with Gasteiger partial charge in [0, 0.05) is 0 Å². The average molecular weight is 292 g/mol. The van der Waals surface area contributed by atoms with Crippen LogP contribution in [0, 0.1) is 0 Å². The number of nitrogens with zero attached hydrogens (tertiary/aromatic N) is 1. The van der Waals surface area contributed by atoms with Crippen molar-refractivity contribution in [2.24, 2.45) is 0 Å². The van der Waals surface area contributed by atoms with Gasteiger partial charge in [-0.25, -0.2) is 4.79 Å². The molecule has 1 atom stereocenters. The first-order valence-electron chi connectivity index (χ1n) is 5.86. The van der Waals surface area contributed by atoms with Crippen molar-refractivity contribution < 1.29 is 14.4 Å². The molecule has 0 aromatic rings. The molecule has 1 saturated heterocycles. The van der Waals surface area contributed by atoms with Crippen molar-refractivity contribution in [2.75, 3.05) is 19.1 Å². The number of carbonyl (C=O) groups excluding carboxylic acids is 2. The van der Waals surface area contributed by atoms with Crippen LogP contribution in [-0.4, -0.2) is 46.2 Å². The summed E-state index contributed by atoms with van der Waals surface area (Å²) in [6, 6.07) is -0.466. The zero-order valence-electron chi connectivity index (χ0n) is 11.2. The second-order valence-electron chi connectivity index (χ2n) is 4.19. The highest BCUT2D eigenvalue weighted by atomic mass is 32.2. The third kappa shape index (κ3) is 2.78. The maximum Gasteiger partial charge on any atom is 0.349 e. The molecule has 7 heteroatoms. The second kappa shape index (κ2) is 6.68. The molecule has 104 valence electrons. The van der Waals surface area contributed by atoms with Crippen molar-refractivity contribution in [2.45, 2.75) is 36.8 Å². The Balaban J connectivity index is 2.88. The SMILES string of the molecule is CCCCON1C(=O)NC(=O)C1(C)C(SC)SC. The van der Waals surface area contributed by atoms with Gasteiger partial charge in [-0.1, -0.05) is 13.3 Å². The van der Waals surface area contributed by atoms with Gasteiger partial charge in [0.1, 0.15) is 0 Å². The number of hydroxylamine groups is 2. The Labute approximate surface area is 116 Å². The Morgan fingerprint density at radius 1 is 1.39 bits per heavy atom. The number of unbranched alkanes of at least 4 members (excludes halogenated alkanes) is 1. The highest BCUT2D eigenvalue weighted by Crippen LogP contribution is 2.37. The summed E-state index contributed by atoms with van der Waals surface area (Å²) in [5.41, 5.74) is -0.955. The predicted octanol–water partition coefficient (Wildman–Crippen LogP) is 2.08. The topological polar surface area (TPSA) is 58.6 Å². The lowest BCUT2D eigenvalue weighted by molar-refractivity contribution is -0.167. The van der Waals surface area contributed by atoms with Crippen molar-refractivity contribution in [1.82, 2.24) is 10.4 Å². The summed E-state index contributed by atoms with van der Waals surface area (Å²) < 4.78 is -0.0643. The summed E-state index contributed by atoms with van der Waals surface area (Å²) >= 11 is 3.09. The molecule has 1 aliphatic rings. The molecular formula is C11H20N2O3S2. The molecule has 0 aromatic heterocycles. The van der Waals surface area contributed by atoms with Crippen LogP contribution in [0.1, 0.15) is 26.7 Å². The molecule has 1 heterocycles. The predicted molar refractivity (Wildman–Crippen MR) is 75.5 cm³/mol. The van der Waals surface area contributed by atoms with E-state index in [4.69, 9.17) is 4.84 Å². The molecule has 0 spiro atoms. The summed E-state index contributed by atoms with van der Waals surface area (Å²) in [6.07, 6.45) is 5.69. The van der Waals surface area contributed by atoms with Gasteiger partial charge in [0.2, 0.25) is 0 Å². The Morgan fingerprint density at radius 2 is 2.00 bits per heavy atom. The number of nitrogens with one attached hydrogen (secondary N) is 1. The molecule has 1 fully saturated rings. The van der Waals surface area contributed by atoms with Gasteiger partial charge in [-0.2, -0.15) is 5.06 Å². The van der Waals surface area contributed by atoms with Gasteiger partial charge < -0.3 is 0 Å². The van der Waals surface area contributed by atoms with Crippen LogP contribution in [0.5, 0.6) is 0 Å². The van der Waals surface area contributed by atoms with Gasteiger partial charge in [-0.3, -0.25) is 14.9 Å². The maximum atomic E-state index is 12.0. The Bertz CT molecular complexity index is 323. The van der Waals surface area contributed by atoms with E-state index in [0.29, 0.717) is 6.61 Å². The van der Waals surface area contributed by atoms with Crippen LogP contribution >= 0.6 is 23.5 Å². The van der Waals surface area contributed by atoms with E-state index < -0.39 is 11.6 Å². The zero-order valence-corrected chi connectivity index (χ0v) is 12.8. The molecule has 0 aromatic carbocycles. The van der Waals surface area contributed by atoms with E-state index >= 15 is 0 Å². The van der Waals surface area contributed by atoms with Gasteiger partial charge in [-0.05, 0) is 25.9 Å². The van der Waals surface area contributed by atoms with Gasteiger partial charge >= 0.3 is 6.03 Å². The van der Waals surface area contributed by atoms with Crippen LogP contribution in [0.4, 0.5) is 4.79 Å². The summed E-state index contributed by atoms with van der Waals surface area (Å²) in [7, 11) is 0. The summed E-state index contributed by atoms with van der Waals surface area (Å²) in [6.45, 7) is 4.24. The lowest BCUT2D eigenvalue weighted by Gasteiger charge is -2.35. The quantitative estimate of drug-likeness (QED) is 0.442. The fourth-order valence-electron chi connectivity index (χ4n) is 1.83. The number of hydrogen-bond donors (Lipinski definition) is 1. The lowest BCUT2D eigenvalue weighted by Crippen LogP contribution is -2.53. The third-order valence-corrected chi connectivity index (χ3v) is 5.82. The zero-order chi connectivity index (χ0) is 13.8. The fraction of sp³-hybridized carbons (Fsp3) is 0.818. The number of thioether (sulfide) groups is 2. The van der Waals surface area contributed by atoms with Gasteiger partial charge in [0.25, 0.3) is 5.91 Å². The first kappa shape index (κ1) is 15.7. The molecule has 0 bridgehead atoms. The van der Waals surface area contributed by atoms with Gasteiger partial charge in [-0.15, -0.1) is 23.5 Å². The maximum absolute atomic E-state index is 12.0. The van der Waals surface area contributed by atoms with Crippen LogP contribution < -0.4 is 5.32 Å². The van der Waals surface area contributed by atoms with Crippen LogP contribution in [0.3, 0.4) is 0 Å². The Kier molecular flexibility index (Phi) is 5.81. The normalized spacial score (nSPS) is 23.9. The summed E-state index contributed by atoms with van der Waals surface area (Å²) in [5.74, 6) is -0.294. The van der Waals surface area contributed by atoms with Crippen LogP contribution in [0.15, 0.2) is 0 Å². The molecule has 5 nitrogen and oxygen atoms in total. The van der Waals surface area contributed by atoms with Crippen LogP contribution in [-0.2, 0) is 9.63 Å². The van der Waals surface area contributed by atoms with Crippen molar-refractivity contribution >= 4 is 35.5 Å². The minimum atomic E-state index is -0.955. The number of hydrogen-bond acceptors (Lipinski definition) is 5. The standard InChI is InChI=1S/C11H20N2O3S2/c1-5-6-7-16-13-10(15)12-8(14)11(13,2)9(17-3)18-4/h9H,5-7H2,1-4H3,(H,12,14,15). The van der Waals surface area contributed by atoms with E-state index in [2.05, 4.69) is 5.32 Å². The molecule has 0 aliphatic carbocycles. The molecular weight excluding hydrogens is 272 g/mol. The number of urea groups is 1. The molecule has 1 unspecified atom stereocenters. The highest BCUT2D eigenvalue weighted by Gasteiger charge is 2.55. The van der Waals surface area contributed by atoms with E-state index in [-0.39, 0.29) is 10.5 Å². The van der Waals surface area contributed by atoms with Crippen molar-refractivity contribution in [3.63, 3.8) is 0 Å². The van der Waals surface area contributed by atoms with Crippen molar-refractivity contribution in [3.8, 4) is 0 Å². The first-order valence-corrected chi connectivity index (χ1v) is 8.44. The lowest BCUT2D eigenvalue weighted by atomic mass is 10.1. The van der Waals surface area contributed by atoms with Gasteiger partial charge in [0.05, 0.1) is 11.2 Å². The number of rotatable bonds is 7. The molecule has 18 heavy (non-hydrogen) atoms. The first-order chi connectivity index (χ1) is 8.52. The Morgan fingerprint density at radius 3 is 2.50 bits per heavy atom. The van der Waals surface area contributed by atoms with E-state index in [1.165, 1.54) is 5.06 Å². The molecule has 0 radical (unpaired) electrons. The van der Waals surface area contributed by atoms with Crippen LogP contribution in [0.2, 0.25) is 0 Å². The Hall–Kier alpha value is -0.400. The van der Waals surface area contributed by atoms with Crippen molar-refractivity contribution in [1.29, 1.82) is 0 Å². The minimum absolute atomic E-state index is 0.0643. The fourth-order valence-corrected chi connectivity index (χ4v) is 3.92. The largest absolute Gasteiger partial charge is 0.349 e. The number of imide groups is 1. The smallest absolute Gasteiger partial charge is 0.274 e. The van der Waals surface area contributed by atoms with E-state index in [9.17, 15) is 9.59 Å². The monoisotopic (exact) mass is 292 g/mol. The van der Waals surface area contributed by atoms with Gasteiger partial charge in [0.15, 0.2) is 5.54 Å². The summed E-state index contributed by atoms with van der Waals surface area (Å²) in [4.78, 5) is 29.3. The average Bonchev–Trinajstić information content (AvgIpc) is 2.55. The second-order valence-corrected chi connectivity index (χ2v) is 6.38. The van der Waals surface area contributed by atoms with E-state index in [0.717, 1.165) is 12.8 Å². The molecule has 1 aliphatic heterocycles. The van der Waals surface area contributed by atoms with Crippen molar-refractivity contribution in [3.05, 3.63) is 0 Å². The molecule has 3 amide bonds.